The molecular weight excluding hydrogens is 663 g/mol. The van der Waals surface area contributed by atoms with E-state index in [2.05, 4.69) is 10.3 Å². The normalized spacial score (nSPS) is 12.1. The van der Waals surface area contributed by atoms with Crippen LogP contribution >= 0.6 is 0 Å². The predicted molar refractivity (Wildman–Crippen MR) is 201 cm³/mol. The molecule has 0 aliphatic rings. The van der Waals surface area contributed by atoms with Gasteiger partial charge in [-0.2, -0.15) is 0 Å². The molecular formula is C41H47N3O6S. The highest BCUT2D eigenvalue weighted by molar-refractivity contribution is 7.89. The number of sulfonamides is 1. The molecule has 0 fully saturated rings. The number of hydrogen-bond donors (Lipinski definition) is 3. The van der Waals surface area contributed by atoms with Crippen molar-refractivity contribution < 1.29 is 22.7 Å². The van der Waals surface area contributed by atoms with Crippen LogP contribution in [0.3, 0.4) is 0 Å². The Kier molecular flexibility index (Phi) is 14.0. The van der Waals surface area contributed by atoms with Gasteiger partial charge in [0.2, 0.25) is 21.5 Å². The van der Waals surface area contributed by atoms with E-state index in [0.717, 1.165) is 72.6 Å². The highest BCUT2D eigenvalue weighted by Gasteiger charge is 2.24. The largest absolute Gasteiger partial charge is 0.487 e. The first kappa shape index (κ1) is 37.5. The summed E-state index contributed by atoms with van der Waals surface area (Å²) in [6.07, 6.45) is 6.88. The highest BCUT2D eigenvalue weighted by Crippen LogP contribution is 2.33. The third-order valence-corrected chi connectivity index (χ3v) is 9.76. The molecule has 0 saturated carbocycles. The number of pyridine rings is 1. The van der Waals surface area contributed by atoms with E-state index in [1.165, 1.54) is 12.1 Å². The number of benzene rings is 4. The Hall–Kier alpha value is -4.77. The van der Waals surface area contributed by atoms with E-state index in [1.807, 2.05) is 78.9 Å². The van der Waals surface area contributed by atoms with Gasteiger partial charge in [0.15, 0.2) is 0 Å². The van der Waals surface area contributed by atoms with E-state index in [0.29, 0.717) is 44.1 Å². The van der Waals surface area contributed by atoms with Crippen LogP contribution in [0.4, 0.5) is 0 Å². The van der Waals surface area contributed by atoms with E-state index < -0.39 is 15.9 Å². The zero-order valence-corrected chi connectivity index (χ0v) is 29.7. The zero-order valence-electron chi connectivity index (χ0n) is 28.9. The third kappa shape index (κ3) is 11.6. The summed E-state index contributed by atoms with van der Waals surface area (Å²) in [7, 11) is -3.69. The quantitative estimate of drug-likeness (QED) is 0.0760. The number of nitrogens with one attached hydrogen (secondary N) is 2. The molecule has 1 atom stereocenters. The maximum absolute atomic E-state index is 13.8. The Morgan fingerprint density at radius 2 is 1.43 bits per heavy atom. The van der Waals surface area contributed by atoms with Crippen molar-refractivity contribution >= 4 is 26.8 Å². The molecule has 1 heterocycles. The Balaban J connectivity index is 1.09. The molecule has 9 nitrogen and oxygen atoms in total. The van der Waals surface area contributed by atoms with E-state index >= 15 is 0 Å². The molecule has 51 heavy (non-hydrogen) atoms. The van der Waals surface area contributed by atoms with Crippen molar-refractivity contribution in [3.8, 4) is 5.75 Å². The van der Waals surface area contributed by atoms with Gasteiger partial charge < -0.3 is 19.8 Å². The van der Waals surface area contributed by atoms with Crippen molar-refractivity contribution in [1.82, 2.24) is 10.3 Å². The number of nitrogens with two attached hydrogens (primary N) is 1. The van der Waals surface area contributed by atoms with Crippen LogP contribution in [-0.4, -0.2) is 39.1 Å². The van der Waals surface area contributed by atoms with Crippen molar-refractivity contribution in [2.24, 2.45) is 5.14 Å². The molecule has 0 bridgehead atoms. The van der Waals surface area contributed by atoms with Crippen molar-refractivity contribution in [3.05, 3.63) is 142 Å². The molecule has 4 N–H and O–H groups in total. The number of aromatic nitrogens is 1. The first-order chi connectivity index (χ1) is 24.8. The number of hydrogen-bond acceptors (Lipinski definition) is 6. The SMILES string of the molecule is NS(=O)(=O)c1cccc(CCCCOCCCCCCNC(=O)[C@H](Cc2ccccc2)c2ccc(OCc3ccccc3)c3[nH]c(=O)ccc23)c1. The van der Waals surface area contributed by atoms with Gasteiger partial charge >= 0.3 is 0 Å². The Bertz CT molecular complexity index is 2020. The summed E-state index contributed by atoms with van der Waals surface area (Å²) in [5.74, 6) is 0.0466. The fraction of sp³-hybridized carbons (Fsp3) is 0.317. The summed E-state index contributed by atoms with van der Waals surface area (Å²) >= 11 is 0. The van der Waals surface area contributed by atoms with Crippen molar-refractivity contribution in [2.45, 2.75) is 68.8 Å². The number of carbonyl (C=O) groups excluding carboxylic acids is 1. The Labute approximate surface area is 300 Å². The summed E-state index contributed by atoms with van der Waals surface area (Å²) in [6, 6.07) is 33.6. The number of primary sulfonamides is 1. The number of unbranched alkanes of at least 4 members (excludes halogenated alkanes) is 4. The van der Waals surface area contributed by atoms with Crippen LogP contribution < -0.4 is 20.8 Å². The molecule has 5 aromatic rings. The molecule has 10 heteroatoms. The van der Waals surface area contributed by atoms with Crippen LogP contribution in [0.2, 0.25) is 0 Å². The highest BCUT2D eigenvalue weighted by atomic mass is 32.2. The monoisotopic (exact) mass is 709 g/mol. The van der Waals surface area contributed by atoms with Gasteiger partial charge in [-0.1, -0.05) is 91.7 Å². The lowest BCUT2D eigenvalue weighted by Gasteiger charge is -2.20. The van der Waals surface area contributed by atoms with Crippen LogP contribution in [0.25, 0.3) is 10.9 Å². The first-order valence-corrected chi connectivity index (χ1v) is 19.2. The summed E-state index contributed by atoms with van der Waals surface area (Å²) in [6.45, 7) is 2.28. The second kappa shape index (κ2) is 19.0. The van der Waals surface area contributed by atoms with Crippen LogP contribution in [0.5, 0.6) is 5.75 Å². The lowest BCUT2D eigenvalue weighted by molar-refractivity contribution is -0.122. The van der Waals surface area contributed by atoms with Crippen LogP contribution in [-0.2, 0) is 39.0 Å². The van der Waals surface area contributed by atoms with Crippen LogP contribution in [0, 0.1) is 0 Å². The minimum atomic E-state index is -3.69. The molecule has 0 aliphatic heterocycles. The molecule has 0 spiro atoms. The second-order valence-electron chi connectivity index (χ2n) is 12.7. The lowest BCUT2D eigenvalue weighted by atomic mass is 9.88. The smallest absolute Gasteiger partial charge is 0.248 e. The van der Waals surface area contributed by atoms with Gasteiger partial charge in [0.25, 0.3) is 0 Å². The van der Waals surface area contributed by atoms with E-state index in [-0.39, 0.29) is 16.4 Å². The molecule has 0 radical (unpaired) electrons. The molecule has 1 amide bonds. The number of aryl methyl sites for hydroxylation is 1. The summed E-state index contributed by atoms with van der Waals surface area (Å²) < 4.78 is 35.1. The maximum Gasteiger partial charge on any atom is 0.248 e. The fourth-order valence-electron chi connectivity index (χ4n) is 6.13. The van der Waals surface area contributed by atoms with Gasteiger partial charge in [0, 0.05) is 31.2 Å². The Morgan fingerprint density at radius 1 is 0.745 bits per heavy atom. The van der Waals surface area contributed by atoms with Crippen molar-refractivity contribution in [1.29, 1.82) is 0 Å². The summed E-state index contributed by atoms with van der Waals surface area (Å²) in [4.78, 5) is 29.3. The number of H-pyrrole nitrogens is 1. The van der Waals surface area contributed by atoms with Crippen molar-refractivity contribution in [3.63, 3.8) is 0 Å². The molecule has 5 rings (SSSR count). The fourth-order valence-corrected chi connectivity index (χ4v) is 6.72. The summed E-state index contributed by atoms with van der Waals surface area (Å²) in [5.41, 5.74) is 4.21. The van der Waals surface area contributed by atoms with E-state index in [9.17, 15) is 18.0 Å². The second-order valence-corrected chi connectivity index (χ2v) is 14.3. The first-order valence-electron chi connectivity index (χ1n) is 17.6. The predicted octanol–water partition coefficient (Wildman–Crippen LogP) is 6.80. The number of aromatic amines is 1. The molecule has 0 saturated heterocycles. The van der Waals surface area contributed by atoms with E-state index in [1.54, 1.807) is 18.2 Å². The maximum atomic E-state index is 13.8. The number of amides is 1. The standard InChI is InChI=1S/C41H47N3O6S/c42-51(47,48)34-20-13-19-31(28-34)16-9-12-27-49-26-11-2-1-10-25-43-41(46)37(29-32-14-5-3-6-15-32)35-21-23-38(40-36(35)22-24-39(45)44-40)50-30-33-17-7-4-8-18-33/h3-8,13-15,17-24,28,37H,1-2,9-12,16,25-27,29-30H2,(H,43,46)(H,44,45)(H2,42,47,48)/t37-/m1/s1. The number of rotatable bonds is 20. The average molecular weight is 710 g/mol. The van der Waals surface area contributed by atoms with Gasteiger partial charge in [-0.05, 0) is 85.0 Å². The average Bonchev–Trinajstić information content (AvgIpc) is 3.14. The van der Waals surface area contributed by atoms with Gasteiger partial charge in [0.05, 0.1) is 16.3 Å². The van der Waals surface area contributed by atoms with E-state index in [4.69, 9.17) is 14.6 Å². The molecule has 0 unspecified atom stereocenters. The van der Waals surface area contributed by atoms with Crippen LogP contribution in [0.1, 0.15) is 66.7 Å². The van der Waals surface area contributed by atoms with Gasteiger partial charge in [-0.15, -0.1) is 0 Å². The lowest BCUT2D eigenvalue weighted by Crippen LogP contribution is -2.31. The topological polar surface area (TPSA) is 141 Å². The molecule has 4 aromatic carbocycles. The van der Waals surface area contributed by atoms with Gasteiger partial charge in [-0.3, -0.25) is 9.59 Å². The zero-order chi connectivity index (χ0) is 35.9. The number of fused-ring (bicyclic) bond motifs is 1. The number of ether oxygens (including phenoxy) is 2. The van der Waals surface area contributed by atoms with Crippen molar-refractivity contribution in [2.75, 3.05) is 19.8 Å². The molecule has 1 aromatic heterocycles. The minimum Gasteiger partial charge on any atom is -0.487 e. The van der Waals surface area contributed by atoms with Gasteiger partial charge in [-0.25, -0.2) is 13.6 Å². The molecule has 0 aliphatic carbocycles. The van der Waals surface area contributed by atoms with Gasteiger partial charge in [0.1, 0.15) is 12.4 Å². The minimum absolute atomic E-state index is 0.0518. The number of carbonyl (C=O) groups is 1. The molecule has 268 valence electrons. The Morgan fingerprint density at radius 3 is 2.18 bits per heavy atom. The third-order valence-electron chi connectivity index (χ3n) is 8.85. The summed E-state index contributed by atoms with van der Waals surface area (Å²) in [5, 5.41) is 9.19. The van der Waals surface area contributed by atoms with Crippen LogP contribution in [0.15, 0.2) is 119 Å².